The summed E-state index contributed by atoms with van der Waals surface area (Å²) >= 11 is 0. The quantitative estimate of drug-likeness (QED) is 0.693. The molecule has 1 atom stereocenters. The summed E-state index contributed by atoms with van der Waals surface area (Å²) in [4.78, 5) is 36.4. The van der Waals surface area contributed by atoms with Crippen LogP contribution in [0.5, 0.6) is 0 Å². The van der Waals surface area contributed by atoms with Crippen molar-refractivity contribution < 1.29 is 14.4 Å². The predicted octanol–water partition coefficient (Wildman–Crippen LogP) is -0.948. The highest BCUT2D eigenvalue weighted by Gasteiger charge is 2.37. The normalized spacial score (nSPS) is 18.8. The highest BCUT2D eigenvalue weighted by molar-refractivity contribution is 6.08. The molecule has 1 saturated heterocycles. The standard InChI is InChI=1S/C12H17N5O3/c1-4-6-9(13)10(17(3)15-6)11(19)14-7-5-8(18)16(2)12(7)20/h7H,4-5,13H2,1-3H3,(H,14,19). The molecule has 1 aromatic rings. The second-order valence-electron chi connectivity index (χ2n) is 4.71. The zero-order valence-electron chi connectivity index (χ0n) is 11.6. The summed E-state index contributed by atoms with van der Waals surface area (Å²) in [5.41, 5.74) is 7.01. The topological polar surface area (TPSA) is 110 Å². The first kappa shape index (κ1) is 14.0. The third-order valence-corrected chi connectivity index (χ3v) is 3.40. The summed E-state index contributed by atoms with van der Waals surface area (Å²) in [5, 5.41) is 6.67. The Bertz CT molecular complexity index is 592. The largest absolute Gasteiger partial charge is 0.395 e. The number of imide groups is 1. The van der Waals surface area contributed by atoms with Gasteiger partial charge in [0.05, 0.1) is 17.8 Å². The number of hydrogen-bond acceptors (Lipinski definition) is 5. The van der Waals surface area contributed by atoms with Gasteiger partial charge in [-0.05, 0) is 6.42 Å². The molecule has 0 spiro atoms. The molecule has 3 amide bonds. The molecule has 1 aliphatic heterocycles. The fourth-order valence-electron chi connectivity index (χ4n) is 2.22. The highest BCUT2D eigenvalue weighted by Crippen LogP contribution is 2.18. The van der Waals surface area contributed by atoms with E-state index in [-0.39, 0.29) is 18.0 Å². The molecule has 1 aliphatic rings. The molecule has 0 aromatic carbocycles. The van der Waals surface area contributed by atoms with E-state index in [1.807, 2.05) is 6.92 Å². The zero-order chi connectivity index (χ0) is 15.0. The number of nitrogens with one attached hydrogen (secondary N) is 1. The molecular formula is C12H17N5O3. The number of carbonyl (C=O) groups excluding carboxylic acids is 3. The average molecular weight is 279 g/mol. The number of likely N-dealkylation sites (N-methyl/N-ethyl adjacent to an activating group) is 1. The number of anilines is 1. The van der Waals surface area contributed by atoms with Crippen LogP contribution in [0.25, 0.3) is 0 Å². The van der Waals surface area contributed by atoms with Gasteiger partial charge in [0.25, 0.3) is 11.8 Å². The number of hydrogen-bond donors (Lipinski definition) is 2. The van der Waals surface area contributed by atoms with Crippen molar-refractivity contribution in [3.8, 4) is 0 Å². The van der Waals surface area contributed by atoms with Gasteiger partial charge in [-0.15, -0.1) is 0 Å². The van der Waals surface area contributed by atoms with E-state index in [9.17, 15) is 14.4 Å². The molecule has 0 aliphatic carbocycles. The average Bonchev–Trinajstić information content (AvgIpc) is 2.81. The van der Waals surface area contributed by atoms with Crippen molar-refractivity contribution in [3.63, 3.8) is 0 Å². The van der Waals surface area contributed by atoms with Gasteiger partial charge < -0.3 is 11.1 Å². The lowest BCUT2D eigenvalue weighted by molar-refractivity contribution is -0.137. The van der Waals surface area contributed by atoms with Gasteiger partial charge in [0, 0.05) is 14.1 Å². The summed E-state index contributed by atoms with van der Waals surface area (Å²) in [7, 11) is 3.00. The van der Waals surface area contributed by atoms with E-state index in [1.165, 1.54) is 11.7 Å². The Morgan fingerprint density at radius 1 is 1.45 bits per heavy atom. The van der Waals surface area contributed by atoms with Crippen LogP contribution in [0, 0.1) is 0 Å². The van der Waals surface area contributed by atoms with E-state index in [4.69, 9.17) is 5.73 Å². The molecule has 2 heterocycles. The number of aromatic nitrogens is 2. The van der Waals surface area contributed by atoms with Crippen LogP contribution in [0.1, 0.15) is 29.5 Å². The molecule has 2 rings (SSSR count). The molecular weight excluding hydrogens is 262 g/mol. The van der Waals surface area contributed by atoms with E-state index < -0.39 is 17.9 Å². The monoisotopic (exact) mass is 279 g/mol. The first-order valence-corrected chi connectivity index (χ1v) is 6.29. The Labute approximate surface area is 115 Å². The molecule has 1 unspecified atom stereocenters. The van der Waals surface area contributed by atoms with Crippen molar-refractivity contribution in [3.05, 3.63) is 11.4 Å². The van der Waals surface area contributed by atoms with Crippen LogP contribution in [0.15, 0.2) is 0 Å². The van der Waals surface area contributed by atoms with Gasteiger partial charge in [0.2, 0.25) is 5.91 Å². The number of likely N-dealkylation sites (tertiary alicyclic amines) is 1. The third kappa shape index (κ3) is 2.13. The number of nitrogen functional groups attached to an aromatic ring is 1. The second-order valence-corrected chi connectivity index (χ2v) is 4.71. The first-order chi connectivity index (χ1) is 9.36. The molecule has 3 N–H and O–H groups in total. The van der Waals surface area contributed by atoms with E-state index in [0.717, 1.165) is 4.90 Å². The lowest BCUT2D eigenvalue weighted by Gasteiger charge is -2.11. The Morgan fingerprint density at radius 2 is 2.10 bits per heavy atom. The van der Waals surface area contributed by atoms with Crippen LogP contribution >= 0.6 is 0 Å². The van der Waals surface area contributed by atoms with Crippen molar-refractivity contribution in [2.24, 2.45) is 7.05 Å². The van der Waals surface area contributed by atoms with Crippen LogP contribution < -0.4 is 11.1 Å². The number of rotatable bonds is 3. The Balaban J connectivity index is 2.20. The number of nitrogens with zero attached hydrogens (tertiary/aromatic N) is 3. The van der Waals surface area contributed by atoms with Gasteiger partial charge in [0.1, 0.15) is 11.7 Å². The number of amides is 3. The molecule has 8 nitrogen and oxygen atoms in total. The number of nitrogens with two attached hydrogens (primary N) is 1. The van der Waals surface area contributed by atoms with Crippen molar-refractivity contribution in [2.75, 3.05) is 12.8 Å². The molecule has 0 bridgehead atoms. The SMILES string of the molecule is CCc1nn(C)c(C(=O)NC2CC(=O)N(C)C2=O)c1N. The fourth-order valence-corrected chi connectivity index (χ4v) is 2.22. The molecule has 0 radical (unpaired) electrons. The van der Waals surface area contributed by atoms with Crippen LogP contribution in [0.4, 0.5) is 5.69 Å². The number of carbonyl (C=O) groups is 3. The van der Waals surface area contributed by atoms with Crippen LogP contribution in [0.2, 0.25) is 0 Å². The maximum atomic E-state index is 12.2. The lowest BCUT2D eigenvalue weighted by Crippen LogP contribution is -2.41. The highest BCUT2D eigenvalue weighted by atomic mass is 16.2. The first-order valence-electron chi connectivity index (χ1n) is 6.29. The molecule has 20 heavy (non-hydrogen) atoms. The smallest absolute Gasteiger partial charge is 0.272 e. The zero-order valence-corrected chi connectivity index (χ0v) is 11.6. The molecule has 1 fully saturated rings. The summed E-state index contributed by atoms with van der Waals surface area (Å²) in [6.07, 6.45) is 0.579. The third-order valence-electron chi connectivity index (χ3n) is 3.40. The van der Waals surface area contributed by atoms with E-state index in [0.29, 0.717) is 17.8 Å². The van der Waals surface area contributed by atoms with Gasteiger partial charge >= 0.3 is 0 Å². The van der Waals surface area contributed by atoms with Crippen molar-refractivity contribution in [2.45, 2.75) is 25.8 Å². The minimum atomic E-state index is -0.834. The van der Waals surface area contributed by atoms with Gasteiger partial charge in [-0.1, -0.05) is 6.92 Å². The Hall–Kier alpha value is -2.38. The Kier molecular flexibility index (Phi) is 3.47. The molecule has 8 heteroatoms. The van der Waals surface area contributed by atoms with Crippen molar-refractivity contribution >= 4 is 23.4 Å². The van der Waals surface area contributed by atoms with Gasteiger partial charge in [0.15, 0.2) is 0 Å². The minimum absolute atomic E-state index is 0.0283. The van der Waals surface area contributed by atoms with Crippen molar-refractivity contribution in [1.82, 2.24) is 20.0 Å². The minimum Gasteiger partial charge on any atom is -0.395 e. The Morgan fingerprint density at radius 3 is 2.55 bits per heavy atom. The van der Waals surface area contributed by atoms with Crippen LogP contribution in [-0.2, 0) is 23.1 Å². The van der Waals surface area contributed by atoms with Gasteiger partial charge in [-0.3, -0.25) is 24.0 Å². The van der Waals surface area contributed by atoms with E-state index >= 15 is 0 Å². The molecule has 108 valence electrons. The molecule has 0 saturated carbocycles. The second kappa shape index (κ2) is 4.95. The van der Waals surface area contributed by atoms with Crippen molar-refractivity contribution in [1.29, 1.82) is 0 Å². The predicted molar refractivity (Wildman–Crippen MR) is 70.6 cm³/mol. The maximum absolute atomic E-state index is 12.2. The van der Waals surface area contributed by atoms with Gasteiger partial charge in [-0.25, -0.2) is 0 Å². The summed E-state index contributed by atoms with van der Waals surface area (Å²) in [5.74, 6) is -1.23. The summed E-state index contributed by atoms with van der Waals surface area (Å²) < 4.78 is 1.38. The summed E-state index contributed by atoms with van der Waals surface area (Å²) in [6.45, 7) is 1.88. The fraction of sp³-hybridized carbons (Fsp3) is 0.500. The lowest BCUT2D eigenvalue weighted by atomic mass is 10.2. The van der Waals surface area contributed by atoms with Crippen LogP contribution in [-0.4, -0.2) is 45.5 Å². The maximum Gasteiger partial charge on any atom is 0.272 e. The van der Waals surface area contributed by atoms with E-state index in [1.54, 1.807) is 7.05 Å². The van der Waals surface area contributed by atoms with Gasteiger partial charge in [-0.2, -0.15) is 5.10 Å². The molecule has 1 aromatic heterocycles. The van der Waals surface area contributed by atoms with E-state index in [2.05, 4.69) is 10.4 Å². The summed E-state index contributed by atoms with van der Waals surface area (Å²) in [6, 6.07) is -0.834. The number of aryl methyl sites for hydroxylation is 2. The van der Waals surface area contributed by atoms with Crippen LogP contribution in [0.3, 0.4) is 0 Å².